The van der Waals surface area contributed by atoms with Gasteiger partial charge in [-0.1, -0.05) is 12.1 Å². The van der Waals surface area contributed by atoms with Crippen molar-refractivity contribution in [2.75, 3.05) is 5.32 Å². The number of nitrogens with zero attached hydrogens (tertiary/aromatic N) is 1. The van der Waals surface area contributed by atoms with E-state index in [9.17, 15) is 18.0 Å². The number of alkyl halides is 3. The third kappa shape index (κ3) is 3.97. The van der Waals surface area contributed by atoms with E-state index in [-0.39, 0.29) is 28.0 Å². The molecule has 0 spiro atoms. The Hall–Kier alpha value is -1.54. The molecule has 2 rings (SSSR count). The molecule has 1 amide bonds. The summed E-state index contributed by atoms with van der Waals surface area (Å²) >= 11 is 0.970. The van der Waals surface area contributed by atoms with E-state index in [4.69, 9.17) is 0 Å². The van der Waals surface area contributed by atoms with Crippen molar-refractivity contribution in [3.05, 3.63) is 40.8 Å². The molecule has 0 radical (unpaired) electrons. The molecule has 0 bridgehead atoms. The van der Waals surface area contributed by atoms with Crippen LogP contribution in [0.3, 0.4) is 0 Å². The Morgan fingerprint density at radius 1 is 1.32 bits per heavy atom. The van der Waals surface area contributed by atoms with Crippen molar-refractivity contribution in [2.24, 2.45) is 0 Å². The lowest BCUT2D eigenvalue weighted by atomic mass is 10.3. The SMILES string of the molecule is O=C(Nc1ccccc1SC(F)(F)F)c1cscn1. The summed E-state index contributed by atoms with van der Waals surface area (Å²) in [5.41, 5.74) is -2.63. The molecular formula is C11H7F3N2OS2. The summed E-state index contributed by atoms with van der Waals surface area (Å²) in [6.45, 7) is 0. The van der Waals surface area contributed by atoms with Gasteiger partial charge in [-0.25, -0.2) is 4.98 Å². The van der Waals surface area contributed by atoms with E-state index in [1.54, 1.807) is 6.07 Å². The number of rotatable bonds is 3. The molecule has 0 saturated carbocycles. The zero-order valence-electron chi connectivity index (χ0n) is 9.27. The van der Waals surface area contributed by atoms with Gasteiger partial charge in [-0.05, 0) is 23.9 Å². The minimum absolute atomic E-state index is 0.0569. The number of nitrogens with one attached hydrogen (secondary N) is 1. The molecule has 0 unspecified atom stereocenters. The average Bonchev–Trinajstić information content (AvgIpc) is 2.83. The number of amides is 1. The van der Waals surface area contributed by atoms with Crippen LogP contribution in [0.1, 0.15) is 10.5 Å². The minimum atomic E-state index is -4.40. The molecule has 2 aromatic rings. The van der Waals surface area contributed by atoms with Gasteiger partial charge in [0.05, 0.1) is 11.2 Å². The molecule has 19 heavy (non-hydrogen) atoms. The topological polar surface area (TPSA) is 42.0 Å². The molecule has 1 heterocycles. The summed E-state index contributed by atoms with van der Waals surface area (Å²) in [5.74, 6) is -0.531. The second-order valence-corrected chi connectivity index (χ2v) is 5.20. The number of hydrogen-bond acceptors (Lipinski definition) is 4. The van der Waals surface area contributed by atoms with Crippen LogP contribution in [0.4, 0.5) is 18.9 Å². The highest BCUT2D eigenvalue weighted by Gasteiger charge is 2.30. The third-order valence-corrected chi connectivity index (χ3v) is 3.42. The molecule has 3 nitrogen and oxygen atoms in total. The summed E-state index contributed by atoms with van der Waals surface area (Å²) < 4.78 is 37.1. The van der Waals surface area contributed by atoms with Crippen LogP contribution < -0.4 is 5.32 Å². The van der Waals surface area contributed by atoms with Gasteiger partial charge in [0, 0.05) is 10.3 Å². The maximum Gasteiger partial charge on any atom is 0.446 e. The highest BCUT2D eigenvalue weighted by atomic mass is 32.2. The molecule has 0 atom stereocenters. The van der Waals surface area contributed by atoms with Crippen LogP contribution in [-0.2, 0) is 0 Å². The van der Waals surface area contributed by atoms with Gasteiger partial charge in [-0.15, -0.1) is 11.3 Å². The Labute approximate surface area is 114 Å². The summed E-state index contributed by atoms with van der Waals surface area (Å²) in [5, 5.41) is 3.94. The molecule has 1 aromatic carbocycles. The predicted molar refractivity (Wildman–Crippen MR) is 68.4 cm³/mol. The number of halogens is 3. The first kappa shape index (κ1) is 13.9. The first-order valence-corrected chi connectivity index (χ1v) is 6.76. The molecule has 0 saturated heterocycles. The summed E-state index contributed by atoms with van der Waals surface area (Å²) in [6.07, 6.45) is 0. The Kier molecular flexibility index (Phi) is 4.11. The maximum absolute atomic E-state index is 12.4. The zero-order valence-corrected chi connectivity index (χ0v) is 10.9. The van der Waals surface area contributed by atoms with Crippen LogP contribution in [0, 0.1) is 0 Å². The summed E-state index contributed by atoms with van der Waals surface area (Å²) in [7, 11) is 0. The van der Waals surface area contributed by atoms with E-state index in [0.29, 0.717) is 0 Å². The van der Waals surface area contributed by atoms with Crippen LogP contribution >= 0.6 is 23.1 Å². The Balaban J connectivity index is 2.18. The van der Waals surface area contributed by atoms with Crippen LogP contribution in [0.25, 0.3) is 0 Å². The normalized spacial score (nSPS) is 11.3. The van der Waals surface area contributed by atoms with E-state index in [0.717, 1.165) is 0 Å². The maximum atomic E-state index is 12.4. The quantitative estimate of drug-likeness (QED) is 0.871. The van der Waals surface area contributed by atoms with E-state index in [1.807, 2.05) is 0 Å². The lowest BCUT2D eigenvalue weighted by Crippen LogP contribution is -2.13. The van der Waals surface area contributed by atoms with Crippen LogP contribution in [0.2, 0.25) is 0 Å². The monoisotopic (exact) mass is 304 g/mol. The number of hydrogen-bond donors (Lipinski definition) is 1. The lowest BCUT2D eigenvalue weighted by molar-refractivity contribution is -0.0328. The number of aromatic nitrogens is 1. The van der Waals surface area contributed by atoms with Crippen LogP contribution in [0.5, 0.6) is 0 Å². The molecule has 1 aromatic heterocycles. The largest absolute Gasteiger partial charge is 0.446 e. The fourth-order valence-corrected chi connectivity index (χ4v) is 2.45. The number of benzene rings is 1. The van der Waals surface area contributed by atoms with E-state index >= 15 is 0 Å². The van der Waals surface area contributed by atoms with Crippen molar-refractivity contribution in [3.63, 3.8) is 0 Å². The average molecular weight is 304 g/mol. The van der Waals surface area contributed by atoms with Gasteiger partial charge in [0.15, 0.2) is 0 Å². The summed E-state index contributed by atoms with van der Waals surface area (Å²) in [4.78, 5) is 15.5. The van der Waals surface area contributed by atoms with Crippen molar-refractivity contribution in [1.82, 2.24) is 4.98 Å². The van der Waals surface area contributed by atoms with Crippen molar-refractivity contribution in [2.45, 2.75) is 10.4 Å². The predicted octanol–water partition coefficient (Wildman–Crippen LogP) is 4.01. The van der Waals surface area contributed by atoms with Gasteiger partial charge in [0.1, 0.15) is 5.69 Å². The molecule has 0 aliphatic heterocycles. The van der Waals surface area contributed by atoms with Gasteiger partial charge in [-0.3, -0.25) is 4.79 Å². The lowest BCUT2D eigenvalue weighted by Gasteiger charge is -2.11. The first-order valence-electron chi connectivity index (χ1n) is 5.00. The van der Waals surface area contributed by atoms with Crippen molar-refractivity contribution >= 4 is 34.7 Å². The van der Waals surface area contributed by atoms with Crippen LogP contribution in [0.15, 0.2) is 40.1 Å². The number of thiazole rings is 1. The standard InChI is InChI=1S/C11H7F3N2OS2/c12-11(13,14)19-9-4-2-1-3-7(9)16-10(17)8-5-18-6-15-8/h1-6H,(H,16,17). The number of carbonyl (C=O) groups is 1. The Bertz CT molecular complexity index is 570. The van der Waals surface area contributed by atoms with Gasteiger partial charge >= 0.3 is 5.51 Å². The Morgan fingerprint density at radius 3 is 2.68 bits per heavy atom. The number of anilines is 1. The number of carbonyl (C=O) groups excluding carboxylic acids is 1. The van der Waals surface area contributed by atoms with E-state index in [1.165, 1.54) is 40.4 Å². The first-order chi connectivity index (χ1) is 8.96. The van der Waals surface area contributed by atoms with Crippen molar-refractivity contribution < 1.29 is 18.0 Å². The van der Waals surface area contributed by atoms with Crippen molar-refractivity contribution in [1.29, 1.82) is 0 Å². The molecule has 0 fully saturated rings. The molecule has 8 heteroatoms. The fraction of sp³-hybridized carbons (Fsp3) is 0.0909. The smallest absolute Gasteiger partial charge is 0.320 e. The molecule has 0 aliphatic carbocycles. The van der Waals surface area contributed by atoms with Crippen LogP contribution in [-0.4, -0.2) is 16.4 Å². The third-order valence-electron chi connectivity index (χ3n) is 2.03. The van der Waals surface area contributed by atoms with Gasteiger partial charge in [0.25, 0.3) is 5.91 Å². The second-order valence-electron chi connectivity index (χ2n) is 3.37. The van der Waals surface area contributed by atoms with Crippen molar-refractivity contribution in [3.8, 4) is 0 Å². The van der Waals surface area contributed by atoms with E-state index < -0.39 is 11.4 Å². The molecule has 1 N–H and O–H groups in total. The zero-order chi connectivity index (χ0) is 13.9. The second kappa shape index (κ2) is 5.62. The molecule has 100 valence electrons. The fourth-order valence-electron chi connectivity index (χ4n) is 1.29. The molecular weight excluding hydrogens is 297 g/mol. The number of para-hydroxylation sites is 1. The number of thioether (sulfide) groups is 1. The van der Waals surface area contributed by atoms with Gasteiger partial charge < -0.3 is 5.32 Å². The Morgan fingerprint density at radius 2 is 2.05 bits per heavy atom. The minimum Gasteiger partial charge on any atom is -0.320 e. The summed E-state index contributed by atoms with van der Waals surface area (Å²) in [6, 6.07) is 5.75. The highest BCUT2D eigenvalue weighted by molar-refractivity contribution is 8.00. The van der Waals surface area contributed by atoms with E-state index in [2.05, 4.69) is 10.3 Å². The van der Waals surface area contributed by atoms with Gasteiger partial charge in [0.2, 0.25) is 0 Å². The highest BCUT2D eigenvalue weighted by Crippen LogP contribution is 2.40. The molecule has 0 aliphatic rings. The van der Waals surface area contributed by atoms with Gasteiger partial charge in [-0.2, -0.15) is 13.2 Å².